The average molecular weight is 373 g/mol. The number of anilines is 1. The van der Waals surface area contributed by atoms with Crippen molar-refractivity contribution in [3.05, 3.63) is 29.8 Å². The lowest BCUT2D eigenvalue weighted by molar-refractivity contribution is -0.136. The molecule has 0 N–H and O–H groups in total. The average Bonchev–Trinajstić information content (AvgIpc) is 2.72. The van der Waals surface area contributed by atoms with Crippen LogP contribution in [0.15, 0.2) is 24.3 Å². The van der Waals surface area contributed by atoms with Gasteiger partial charge in [0.2, 0.25) is 5.91 Å². The van der Waals surface area contributed by atoms with E-state index in [-0.39, 0.29) is 5.92 Å². The molecule has 1 heterocycles. The maximum Gasteiger partial charge on any atom is 0.225 e. The minimum atomic E-state index is 0.166. The molecule has 1 aliphatic heterocycles. The van der Waals surface area contributed by atoms with Crippen LogP contribution in [0.3, 0.4) is 0 Å². The van der Waals surface area contributed by atoms with Gasteiger partial charge in [0.25, 0.3) is 0 Å². The molecule has 0 aliphatic carbocycles. The first-order valence-corrected chi connectivity index (χ1v) is 10.8. The van der Waals surface area contributed by atoms with Crippen molar-refractivity contribution < 1.29 is 9.59 Å². The molecule has 4 heteroatoms. The van der Waals surface area contributed by atoms with Crippen LogP contribution in [-0.4, -0.2) is 43.3 Å². The third kappa shape index (κ3) is 6.67. The molecular formula is C23H36N2O2. The Bertz CT molecular complexity index is 552. The van der Waals surface area contributed by atoms with Gasteiger partial charge in [0.05, 0.1) is 0 Å². The van der Waals surface area contributed by atoms with E-state index >= 15 is 0 Å². The highest BCUT2D eigenvalue weighted by Gasteiger charge is 2.28. The van der Waals surface area contributed by atoms with Crippen molar-refractivity contribution in [3.8, 4) is 0 Å². The highest BCUT2D eigenvalue weighted by molar-refractivity contribution is 5.79. The lowest BCUT2D eigenvalue weighted by Crippen LogP contribution is -2.43. The van der Waals surface area contributed by atoms with E-state index in [1.807, 2.05) is 24.3 Å². The fourth-order valence-electron chi connectivity index (χ4n) is 3.84. The van der Waals surface area contributed by atoms with Crippen molar-refractivity contribution in [2.75, 3.05) is 31.1 Å². The minimum Gasteiger partial charge on any atom is -0.371 e. The number of rotatable bonds is 11. The number of nitrogens with zero attached hydrogens (tertiary/aromatic N) is 2. The second kappa shape index (κ2) is 11.8. The van der Waals surface area contributed by atoms with Gasteiger partial charge in [-0.2, -0.15) is 0 Å². The molecule has 1 fully saturated rings. The van der Waals surface area contributed by atoms with Crippen LogP contribution in [-0.2, 0) is 4.79 Å². The maximum atomic E-state index is 13.1. The molecule has 0 atom stereocenters. The van der Waals surface area contributed by atoms with Crippen molar-refractivity contribution in [2.24, 2.45) is 5.92 Å². The molecule has 1 amide bonds. The van der Waals surface area contributed by atoms with E-state index in [1.165, 1.54) is 25.7 Å². The van der Waals surface area contributed by atoms with Gasteiger partial charge in [-0.15, -0.1) is 0 Å². The van der Waals surface area contributed by atoms with E-state index < -0.39 is 0 Å². The predicted octanol–water partition coefficient (Wildman–Crippen LogP) is 4.92. The molecule has 4 nitrogen and oxygen atoms in total. The Morgan fingerprint density at radius 1 is 1.00 bits per heavy atom. The van der Waals surface area contributed by atoms with Gasteiger partial charge in [-0.1, -0.05) is 39.5 Å². The monoisotopic (exact) mass is 372 g/mol. The van der Waals surface area contributed by atoms with Crippen LogP contribution < -0.4 is 4.90 Å². The quantitative estimate of drug-likeness (QED) is 0.409. The van der Waals surface area contributed by atoms with E-state index in [2.05, 4.69) is 23.6 Å². The number of piperidine rings is 1. The second-order valence-electron chi connectivity index (χ2n) is 7.71. The first-order valence-electron chi connectivity index (χ1n) is 10.8. The zero-order chi connectivity index (χ0) is 19.5. The van der Waals surface area contributed by atoms with Crippen LogP contribution in [0.2, 0.25) is 0 Å². The molecule has 2 rings (SSSR count). The van der Waals surface area contributed by atoms with Gasteiger partial charge >= 0.3 is 0 Å². The van der Waals surface area contributed by atoms with Crippen LogP contribution in [0, 0.1) is 5.92 Å². The Balaban J connectivity index is 1.88. The van der Waals surface area contributed by atoms with Gasteiger partial charge in [0.1, 0.15) is 6.29 Å². The van der Waals surface area contributed by atoms with Crippen LogP contribution >= 0.6 is 0 Å². The molecule has 0 radical (unpaired) electrons. The van der Waals surface area contributed by atoms with E-state index in [1.54, 1.807) is 0 Å². The zero-order valence-electron chi connectivity index (χ0n) is 17.2. The summed E-state index contributed by atoms with van der Waals surface area (Å²) < 4.78 is 0. The molecule has 0 spiro atoms. The molecule has 27 heavy (non-hydrogen) atoms. The molecule has 1 aromatic carbocycles. The smallest absolute Gasteiger partial charge is 0.225 e. The molecular weight excluding hydrogens is 336 g/mol. The van der Waals surface area contributed by atoms with Gasteiger partial charge in [-0.3, -0.25) is 9.59 Å². The van der Waals surface area contributed by atoms with Gasteiger partial charge in [-0.05, 0) is 49.9 Å². The number of amides is 1. The van der Waals surface area contributed by atoms with E-state index in [4.69, 9.17) is 0 Å². The number of aldehydes is 1. The Morgan fingerprint density at radius 3 is 2.04 bits per heavy atom. The van der Waals surface area contributed by atoms with Crippen LogP contribution in [0.5, 0.6) is 0 Å². The summed E-state index contributed by atoms with van der Waals surface area (Å²) in [5.41, 5.74) is 1.85. The van der Waals surface area contributed by atoms with Gasteiger partial charge in [0, 0.05) is 43.3 Å². The predicted molar refractivity (Wildman–Crippen MR) is 112 cm³/mol. The molecule has 1 saturated heterocycles. The van der Waals surface area contributed by atoms with Crippen LogP contribution in [0.1, 0.15) is 75.6 Å². The topological polar surface area (TPSA) is 40.6 Å². The first-order chi connectivity index (χ1) is 13.2. The molecule has 0 unspecified atom stereocenters. The molecule has 1 aromatic rings. The van der Waals surface area contributed by atoms with Crippen molar-refractivity contribution in [1.29, 1.82) is 0 Å². The lowest BCUT2D eigenvalue weighted by Gasteiger charge is -2.35. The van der Waals surface area contributed by atoms with Crippen LogP contribution in [0.4, 0.5) is 5.69 Å². The van der Waals surface area contributed by atoms with Crippen molar-refractivity contribution in [3.63, 3.8) is 0 Å². The summed E-state index contributed by atoms with van der Waals surface area (Å²) in [6.45, 7) is 8.08. The second-order valence-corrected chi connectivity index (χ2v) is 7.71. The first kappa shape index (κ1) is 21.5. The molecule has 150 valence electrons. The van der Waals surface area contributed by atoms with E-state index in [0.717, 1.165) is 63.8 Å². The third-order valence-corrected chi connectivity index (χ3v) is 5.61. The van der Waals surface area contributed by atoms with Gasteiger partial charge < -0.3 is 9.80 Å². The maximum absolute atomic E-state index is 13.1. The standard InChI is InChI=1S/C23H36N2O2/c1-3-5-7-15-25(16-8-6-4-2)23(27)21-13-17-24(18-14-21)22-11-9-20(19-26)10-12-22/h9-12,19,21H,3-8,13-18H2,1-2H3. The normalized spacial score (nSPS) is 15.0. The summed E-state index contributed by atoms with van der Waals surface area (Å²) in [7, 11) is 0. The van der Waals surface area contributed by atoms with E-state index in [9.17, 15) is 9.59 Å². The lowest BCUT2D eigenvalue weighted by atomic mass is 9.94. The Hall–Kier alpha value is -1.84. The number of carbonyl (C=O) groups excluding carboxylic acids is 2. The molecule has 0 aromatic heterocycles. The Morgan fingerprint density at radius 2 is 1.56 bits per heavy atom. The fraction of sp³-hybridized carbons (Fsp3) is 0.652. The summed E-state index contributed by atoms with van der Waals surface area (Å²) >= 11 is 0. The van der Waals surface area contributed by atoms with Gasteiger partial charge in [-0.25, -0.2) is 0 Å². The Labute approximate surface area is 164 Å². The van der Waals surface area contributed by atoms with Crippen molar-refractivity contribution >= 4 is 17.9 Å². The van der Waals surface area contributed by atoms with E-state index in [0.29, 0.717) is 11.5 Å². The van der Waals surface area contributed by atoms with Crippen LogP contribution in [0.25, 0.3) is 0 Å². The number of hydrogen-bond donors (Lipinski definition) is 0. The summed E-state index contributed by atoms with van der Waals surface area (Å²) in [5, 5.41) is 0. The third-order valence-electron chi connectivity index (χ3n) is 5.61. The summed E-state index contributed by atoms with van der Waals surface area (Å²) in [6.07, 6.45) is 9.75. The zero-order valence-corrected chi connectivity index (χ0v) is 17.2. The van der Waals surface area contributed by atoms with Crippen molar-refractivity contribution in [2.45, 2.75) is 65.2 Å². The number of unbranched alkanes of at least 4 members (excludes halogenated alkanes) is 4. The highest BCUT2D eigenvalue weighted by Crippen LogP contribution is 2.25. The summed E-state index contributed by atoms with van der Waals surface area (Å²) in [6, 6.07) is 7.74. The number of hydrogen-bond acceptors (Lipinski definition) is 3. The molecule has 0 saturated carbocycles. The largest absolute Gasteiger partial charge is 0.371 e. The summed E-state index contributed by atoms with van der Waals surface area (Å²) in [5.74, 6) is 0.539. The molecule has 1 aliphatic rings. The van der Waals surface area contributed by atoms with Gasteiger partial charge in [0.15, 0.2) is 0 Å². The number of benzene rings is 1. The summed E-state index contributed by atoms with van der Waals surface area (Å²) in [4.78, 5) is 28.4. The number of carbonyl (C=O) groups is 2. The highest BCUT2D eigenvalue weighted by atomic mass is 16.2. The fourth-order valence-corrected chi connectivity index (χ4v) is 3.84. The Kier molecular flexibility index (Phi) is 9.37. The van der Waals surface area contributed by atoms with Crippen molar-refractivity contribution in [1.82, 2.24) is 4.90 Å². The molecule has 0 bridgehead atoms. The minimum absolute atomic E-state index is 0.166. The SMILES string of the molecule is CCCCCN(CCCCC)C(=O)C1CCN(c2ccc(C=O)cc2)CC1.